The van der Waals surface area contributed by atoms with Gasteiger partial charge >= 0.3 is 17.4 Å². The van der Waals surface area contributed by atoms with Crippen LogP contribution in [0.25, 0.3) is 0 Å². The summed E-state index contributed by atoms with van der Waals surface area (Å²) in [5.74, 6) is -0.678. The molecule has 0 aromatic carbocycles. The number of hydrogen-bond donors (Lipinski definition) is 1. The Balaban J connectivity index is 4.57. The molecule has 0 aromatic rings. The van der Waals surface area contributed by atoms with E-state index in [2.05, 4.69) is 10.1 Å². The Bertz CT molecular complexity index is 411. The van der Waals surface area contributed by atoms with E-state index in [9.17, 15) is 14.4 Å². The van der Waals surface area contributed by atoms with Crippen molar-refractivity contribution in [3.8, 4) is 0 Å². The molecule has 22 heavy (non-hydrogen) atoms. The van der Waals surface area contributed by atoms with E-state index in [-0.39, 0.29) is 5.75 Å². The Morgan fingerprint density at radius 2 is 1.50 bits per heavy atom. The zero-order chi connectivity index (χ0) is 17.6. The highest BCUT2D eigenvalue weighted by molar-refractivity contribution is 8.13. The van der Waals surface area contributed by atoms with Gasteiger partial charge in [-0.05, 0) is 53.3 Å². The van der Waals surface area contributed by atoms with Crippen molar-refractivity contribution in [1.82, 2.24) is 5.32 Å². The summed E-state index contributed by atoms with van der Waals surface area (Å²) in [6.45, 7) is 10.3. The molecule has 1 amide bonds. The summed E-state index contributed by atoms with van der Waals surface area (Å²) in [6, 6.07) is -1.00. The molecule has 0 radical (unpaired) electrons. The predicted octanol–water partition coefficient (Wildman–Crippen LogP) is 2.72. The second-order valence-corrected chi connectivity index (χ2v) is 7.45. The first kappa shape index (κ1) is 20.6. The third-order valence-corrected chi connectivity index (χ3v) is 2.75. The summed E-state index contributed by atoms with van der Waals surface area (Å²) in [6.07, 6.45) is -0.757. The fourth-order valence-corrected chi connectivity index (χ4v) is 2.02. The number of rotatable bonds is 4. The molecule has 0 aliphatic rings. The van der Waals surface area contributed by atoms with E-state index in [4.69, 9.17) is 9.47 Å². The highest BCUT2D eigenvalue weighted by atomic mass is 32.2. The number of hydrogen-bond acceptors (Lipinski definition) is 7. The Morgan fingerprint density at radius 3 is 1.91 bits per heavy atom. The van der Waals surface area contributed by atoms with Gasteiger partial charge in [0.2, 0.25) is 0 Å². The standard InChI is InChI=1S/C14H25NO6S/c1-13(2,3)20-11(17)15-9(10(16)19-7)8-22-12(18)21-14(4,5)6/h9H,8H2,1-7H3,(H,15,17). The molecule has 0 aromatic heterocycles. The number of amides is 1. The average molecular weight is 335 g/mol. The van der Waals surface area contributed by atoms with Crippen LogP contribution in [-0.2, 0) is 19.0 Å². The number of thioether (sulfide) groups is 1. The van der Waals surface area contributed by atoms with E-state index in [1.165, 1.54) is 7.11 Å². The van der Waals surface area contributed by atoms with Gasteiger partial charge in [-0.15, -0.1) is 0 Å². The smallest absolute Gasteiger partial charge is 0.408 e. The van der Waals surface area contributed by atoms with Gasteiger partial charge in [0.15, 0.2) is 0 Å². The predicted molar refractivity (Wildman–Crippen MR) is 83.9 cm³/mol. The maximum atomic E-state index is 11.7. The van der Waals surface area contributed by atoms with Gasteiger partial charge in [-0.1, -0.05) is 0 Å². The van der Waals surface area contributed by atoms with Crippen LogP contribution in [0.4, 0.5) is 9.59 Å². The Morgan fingerprint density at radius 1 is 1.00 bits per heavy atom. The van der Waals surface area contributed by atoms with Crippen LogP contribution in [-0.4, -0.2) is 47.5 Å². The van der Waals surface area contributed by atoms with E-state index in [1.54, 1.807) is 41.5 Å². The monoisotopic (exact) mass is 335 g/mol. The zero-order valence-corrected chi connectivity index (χ0v) is 15.0. The molecule has 1 atom stereocenters. The minimum Gasteiger partial charge on any atom is -0.467 e. The minimum atomic E-state index is -1.00. The van der Waals surface area contributed by atoms with Gasteiger partial charge in [0.25, 0.3) is 0 Å². The molecule has 0 aliphatic carbocycles. The quantitative estimate of drug-likeness (QED) is 0.624. The van der Waals surface area contributed by atoms with Crippen molar-refractivity contribution in [2.75, 3.05) is 12.9 Å². The van der Waals surface area contributed by atoms with E-state index in [1.807, 2.05) is 0 Å². The van der Waals surface area contributed by atoms with Gasteiger partial charge in [-0.25, -0.2) is 14.4 Å². The first-order chi connectivity index (χ1) is 9.84. The lowest BCUT2D eigenvalue weighted by Crippen LogP contribution is -2.45. The van der Waals surface area contributed by atoms with Crippen molar-refractivity contribution < 1.29 is 28.6 Å². The van der Waals surface area contributed by atoms with Crippen molar-refractivity contribution in [3.63, 3.8) is 0 Å². The van der Waals surface area contributed by atoms with E-state index < -0.39 is 34.6 Å². The van der Waals surface area contributed by atoms with Crippen LogP contribution in [0, 0.1) is 0 Å². The topological polar surface area (TPSA) is 90.9 Å². The molecule has 1 unspecified atom stereocenters. The SMILES string of the molecule is COC(=O)C(CSC(=O)OC(C)(C)C)NC(=O)OC(C)(C)C. The van der Waals surface area contributed by atoms with E-state index in [0.29, 0.717) is 0 Å². The Kier molecular flexibility index (Phi) is 7.72. The number of carbonyl (C=O) groups excluding carboxylic acids is 3. The van der Waals surface area contributed by atoms with Crippen LogP contribution >= 0.6 is 11.8 Å². The summed E-state index contributed by atoms with van der Waals surface area (Å²) in [5.41, 5.74) is -1.31. The van der Waals surface area contributed by atoms with Crippen molar-refractivity contribution in [3.05, 3.63) is 0 Å². The van der Waals surface area contributed by atoms with Gasteiger partial charge in [-0.3, -0.25) is 0 Å². The lowest BCUT2D eigenvalue weighted by Gasteiger charge is -2.23. The second kappa shape index (κ2) is 8.26. The molecule has 0 saturated heterocycles. The molecule has 0 fully saturated rings. The largest absolute Gasteiger partial charge is 0.467 e. The molecule has 0 spiro atoms. The van der Waals surface area contributed by atoms with Gasteiger partial charge in [0, 0.05) is 5.75 Å². The van der Waals surface area contributed by atoms with Crippen LogP contribution in [0.15, 0.2) is 0 Å². The van der Waals surface area contributed by atoms with Crippen LogP contribution < -0.4 is 5.32 Å². The van der Waals surface area contributed by atoms with Crippen molar-refractivity contribution in [2.24, 2.45) is 0 Å². The van der Waals surface area contributed by atoms with E-state index in [0.717, 1.165) is 11.8 Å². The van der Waals surface area contributed by atoms with Crippen LogP contribution in [0.3, 0.4) is 0 Å². The number of nitrogens with one attached hydrogen (secondary N) is 1. The van der Waals surface area contributed by atoms with Crippen molar-refractivity contribution >= 4 is 29.1 Å². The normalized spacial score (nSPS) is 13.0. The van der Waals surface area contributed by atoms with Crippen LogP contribution in [0.1, 0.15) is 41.5 Å². The summed E-state index contributed by atoms with van der Waals surface area (Å²) < 4.78 is 14.8. The highest BCUT2D eigenvalue weighted by Crippen LogP contribution is 2.16. The second-order valence-electron chi connectivity index (χ2n) is 6.50. The summed E-state index contributed by atoms with van der Waals surface area (Å²) >= 11 is 0.783. The molecule has 8 heteroatoms. The van der Waals surface area contributed by atoms with Gasteiger partial charge in [0.1, 0.15) is 17.2 Å². The van der Waals surface area contributed by atoms with Crippen LogP contribution in [0.2, 0.25) is 0 Å². The van der Waals surface area contributed by atoms with Crippen molar-refractivity contribution in [1.29, 1.82) is 0 Å². The molecule has 0 rings (SSSR count). The Hall–Kier alpha value is -1.44. The lowest BCUT2D eigenvalue weighted by atomic mass is 10.2. The summed E-state index contributed by atoms with van der Waals surface area (Å²) in [5, 5.41) is 1.84. The number of esters is 1. The number of ether oxygens (including phenoxy) is 3. The van der Waals surface area contributed by atoms with E-state index >= 15 is 0 Å². The molecular formula is C14H25NO6S. The molecule has 0 aliphatic heterocycles. The number of alkyl carbamates (subject to hydrolysis) is 1. The van der Waals surface area contributed by atoms with Crippen LogP contribution in [0.5, 0.6) is 0 Å². The summed E-state index contributed by atoms with van der Waals surface area (Å²) in [4.78, 5) is 35.0. The van der Waals surface area contributed by atoms with Gasteiger partial charge < -0.3 is 19.5 Å². The number of carbonyl (C=O) groups is 3. The number of methoxy groups -OCH3 is 1. The fourth-order valence-electron chi connectivity index (χ4n) is 1.19. The lowest BCUT2D eigenvalue weighted by molar-refractivity contribution is -0.142. The third-order valence-electron chi connectivity index (χ3n) is 1.93. The molecule has 0 bridgehead atoms. The Labute approximate surface area is 135 Å². The zero-order valence-electron chi connectivity index (χ0n) is 14.1. The maximum absolute atomic E-state index is 11.7. The summed E-state index contributed by atoms with van der Waals surface area (Å²) in [7, 11) is 1.20. The first-order valence-corrected chi connectivity index (χ1v) is 7.76. The molecular weight excluding hydrogens is 310 g/mol. The molecule has 0 saturated carbocycles. The minimum absolute atomic E-state index is 0.0131. The third kappa shape index (κ3) is 10.3. The highest BCUT2D eigenvalue weighted by Gasteiger charge is 2.27. The average Bonchev–Trinajstić information content (AvgIpc) is 2.28. The first-order valence-electron chi connectivity index (χ1n) is 6.77. The van der Waals surface area contributed by atoms with Gasteiger partial charge in [0.05, 0.1) is 7.11 Å². The maximum Gasteiger partial charge on any atom is 0.408 e. The molecule has 1 N–H and O–H groups in total. The van der Waals surface area contributed by atoms with Gasteiger partial charge in [-0.2, -0.15) is 0 Å². The molecule has 7 nitrogen and oxygen atoms in total. The molecule has 128 valence electrons. The fraction of sp³-hybridized carbons (Fsp3) is 0.786. The van der Waals surface area contributed by atoms with Crippen molar-refractivity contribution in [2.45, 2.75) is 58.8 Å². The molecule has 0 heterocycles.